The summed E-state index contributed by atoms with van der Waals surface area (Å²) in [4.78, 5) is 11.1. The second kappa shape index (κ2) is 7.65. The molecule has 5 nitrogen and oxygen atoms in total. The summed E-state index contributed by atoms with van der Waals surface area (Å²) < 4.78 is 30.6. The smallest absolute Gasteiger partial charge is 0.221 e. The Morgan fingerprint density at radius 1 is 1.42 bits per heavy atom. The minimum absolute atomic E-state index is 0.00249. The average Bonchev–Trinajstić information content (AvgIpc) is 2.38. The van der Waals surface area contributed by atoms with E-state index in [2.05, 4.69) is 5.32 Å². The van der Waals surface area contributed by atoms with E-state index in [4.69, 9.17) is 10.5 Å². The van der Waals surface area contributed by atoms with Crippen molar-refractivity contribution < 1.29 is 23.4 Å². The molecule has 1 rings (SSSR count). The molecule has 0 radical (unpaired) electrons. The number of rotatable bonds is 7. The lowest BCUT2D eigenvalue weighted by Gasteiger charge is -2.13. The van der Waals surface area contributed by atoms with Crippen LogP contribution in [0.3, 0.4) is 0 Å². The maximum Gasteiger partial charge on any atom is 0.221 e. The summed E-state index contributed by atoms with van der Waals surface area (Å²) in [5.74, 6) is -2.16. The quantitative estimate of drug-likeness (QED) is 0.661. The maximum absolute atomic E-state index is 12.9. The van der Waals surface area contributed by atoms with Crippen LogP contribution in [0, 0.1) is 11.6 Å². The molecule has 0 aliphatic heterocycles. The fraction of sp³-hybridized carbons (Fsp3) is 0.417. The van der Waals surface area contributed by atoms with Gasteiger partial charge in [-0.05, 0) is 12.1 Å². The lowest BCUT2D eigenvalue weighted by atomic mass is 10.3. The van der Waals surface area contributed by atoms with Crippen LogP contribution in [0.5, 0.6) is 5.75 Å². The van der Waals surface area contributed by atoms with Crippen LogP contribution in [-0.4, -0.2) is 36.8 Å². The molecule has 0 bridgehead atoms. The summed E-state index contributed by atoms with van der Waals surface area (Å²) in [6.07, 6.45) is -0.772. The number of carbonyl (C=O) groups excluding carboxylic acids is 1. The van der Waals surface area contributed by atoms with Crippen LogP contribution in [0.1, 0.15) is 6.42 Å². The standard InChI is InChI=1S/C12H16F2N2O3/c13-10-2-1-9(5-11(10)14)19-7-8(17)6-16-12(18)3-4-15/h1-2,5,8,17H,3-4,6-7,15H2,(H,16,18). The number of aliphatic hydroxyl groups excluding tert-OH is 1. The van der Waals surface area contributed by atoms with Gasteiger partial charge >= 0.3 is 0 Å². The molecule has 0 spiro atoms. The van der Waals surface area contributed by atoms with E-state index in [1.165, 1.54) is 6.07 Å². The molecule has 1 aromatic carbocycles. The highest BCUT2D eigenvalue weighted by atomic mass is 19.2. The second-order valence-corrected chi connectivity index (χ2v) is 3.88. The number of benzene rings is 1. The van der Waals surface area contributed by atoms with E-state index < -0.39 is 17.7 Å². The molecule has 1 unspecified atom stereocenters. The van der Waals surface area contributed by atoms with Crippen LogP contribution in [0.15, 0.2) is 18.2 Å². The van der Waals surface area contributed by atoms with E-state index in [9.17, 15) is 18.7 Å². The Labute approximate surface area is 109 Å². The van der Waals surface area contributed by atoms with Gasteiger partial charge < -0.3 is 20.9 Å². The van der Waals surface area contributed by atoms with Crippen LogP contribution in [0.25, 0.3) is 0 Å². The zero-order chi connectivity index (χ0) is 14.3. The molecule has 0 aliphatic rings. The van der Waals surface area contributed by atoms with E-state index in [0.717, 1.165) is 12.1 Å². The van der Waals surface area contributed by atoms with Gasteiger partial charge in [-0.15, -0.1) is 0 Å². The second-order valence-electron chi connectivity index (χ2n) is 3.88. The fourth-order valence-corrected chi connectivity index (χ4v) is 1.27. The SMILES string of the molecule is NCCC(=O)NCC(O)COc1ccc(F)c(F)c1. The summed E-state index contributed by atoms with van der Waals surface area (Å²) >= 11 is 0. The molecule has 0 saturated heterocycles. The van der Waals surface area contributed by atoms with E-state index in [0.29, 0.717) is 0 Å². The first-order valence-corrected chi connectivity index (χ1v) is 5.75. The van der Waals surface area contributed by atoms with Gasteiger partial charge in [-0.1, -0.05) is 0 Å². The highest BCUT2D eigenvalue weighted by Gasteiger charge is 2.09. The number of amides is 1. The van der Waals surface area contributed by atoms with Gasteiger partial charge in [-0.2, -0.15) is 0 Å². The third-order valence-corrected chi connectivity index (χ3v) is 2.24. The van der Waals surface area contributed by atoms with Crippen molar-refractivity contribution in [1.29, 1.82) is 0 Å². The normalized spacial score (nSPS) is 12.0. The number of hydrogen-bond donors (Lipinski definition) is 3. The van der Waals surface area contributed by atoms with Gasteiger partial charge in [0.25, 0.3) is 0 Å². The molecule has 0 saturated carbocycles. The fourth-order valence-electron chi connectivity index (χ4n) is 1.27. The highest BCUT2D eigenvalue weighted by Crippen LogP contribution is 2.15. The first-order chi connectivity index (χ1) is 9.02. The lowest BCUT2D eigenvalue weighted by Crippen LogP contribution is -2.36. The molecular weight excluding hydrogens is 258 g/mol. The number of nitrogens with two attached hydrogens (primary N) is 1. The minimum Gasteiger partial charge on any atom is -0.491 e. The Kier molecular flexibility index (Phi) is 6.17. The zero-order valence-corrected chi connectivity index (χ0v) is 10.2. The molecule has 0 aromatic heterocycles. The Bertz CT molecular complexity index is 429. The molecule has 0 aliphatic carbocycles. The summed E-state index contributed by atoms with van der Waals surface area (Å²) in [6, 6.07) is 3.06. The Morgan fingerprint density at radius 3 is 2.79 bits per heavy atom. The van der Waals surface area contributed by atoms with Crippen LogP contribution >= 0.6 is 0 Å². The molecule has 7 heteroatoms. The molecule has 1 amide bonds. The third-order valence-electron chi connectivity index (χ3n) is 2.24. The summed E-state index contributed by atoms with van der Waals surface area (Å²) in [6.45, 7) is 0.0871. The van der Waals surface area contributed by atoms with Gasteiger partial charge in [0, 0.05) is 25.6 Å². The predicted octanol–water partition coefficient (Wildman–Crippen LogP) is 0.170. The van der Waals surface area contributed by atoms with Gasteiger partial charge in [0.2, 0.25) is 5.91 Å². The highest BCUT2D eigenvalue weighted by molar-refractivity contribution is 5.76. The van der Waals surface area contributed by atoms with Crippen LogP contribution < -0.4 is 15.8 Å². The number of hydrogen-bond acceptors (Lipinski definition) is 4. The van der Waals surface area contributed by atoms with Crippen LogP contribution in [-0.2, 0) is 4.79 Å². The number of carbonyl (C=O) groups is 1. The molecule has 1 aromatic rings. The van der Waals surface area contributed by atoms with Crippen molar-refractivity contribution in [2.45, 2.75) is 12.5 Å². The summed E-state index contributed by atoms with van der Waals surface area (Å²) in [7, 11) is 0. The molecule has 0 heterocycles. The van der Waals surface area contributed by atoms with Gasteiger partial charge in [0.1, 0.15) is 18.5 Å². The number of aliphatic hydroxyl groups is 1. The topological polar surface area (TPSA) is 84.6 Å². The van der Waals surface area contributed by atoms with Crippen molar-refractivity contribution in [2.24, 2.45) is 5.73 Å². The monoisotopic (exact) mass is 274 g/mol. The average molecular weight is 274 g/mol. The molecule has 19 heavy (non-hydrogen) atoms. The van der Waals surface area contributed by atoms with Crippen molar-refractivity contribution >= 4 is 5.91 Å². The van der Waals surface area contributed by atoms with Crippen LogP contribution in [0.2, 0.25) is 0 Å². The summed E-state index contributed by atoms with van der Waals surface area (Å²) in [5, 5.41) is 12.0. The Morgan fingerprint density at radius 2 is 2.16 bits per heavy atom. The first-order valence-electron chi connectivity index (χ1n) is 5.75. The molecule has 106 valence electrons. The van der Waals surface area contributed by atoms with E-state index in [1.807, 2.05) is 0 Å². The molecule has 4 N–H and O–H groups in total. The van der Waals surface area contributed by atoms with Crippen molar-refractivity contribution in [1.82, 2.24) is 5.32 Å². The van der Waals surface area contributed by atoms with Crippen molar-refractivity contribution in [3.63, 3.8) is 0 Å². The molecular formula is C12H16F2N2O3. The van der Waals surface area contributed by atoms with Crippen molar-refractivity contribution in [3.8, 4) is 5.75 Å². The summed E-state index contributed by atoms with van der Waals surface area (Å²) in [5.41, 5.74) is 5.18. The predicted molar refractivity (Wildman–Crippen MR) is 64.5 cm³/mol. The van der Waals surface area contributed by atoms with E-state index in [1.54, 1.807) is 0 Å². The van der Waals surface area contributed by atoms with Gasteiger partial charge in [0.15, 0.2) is 11.6 Å². The van der Waals surface area contributed by atoms with E-state index >= 15 is 0 Å². The van der Waals surface area contributed by atoms with Gasteiger partial charge in [-0.3, -0.25) is 4.79 Å². The largest absolute Gasteiger partial charge is 0.491 e. The first kappa shape index (κ1) is 15.3. The van der Waals surface area contributed by atoms with Gasteiger partial charge in [0.05, 0.1) is 0 Å². The maximum atomic E-state index is 12.9. The number of halogens is 2. The van der Waals surface area contributed by atoms with Crippen molar-refractivity contribution in [3.05, 3.63) is 29.8 Å². The van der Waals surface area contributed by atoms with E-state index in [-0.39, 0.29) is 37.8 Å². The minimum atomic E-state index is -1.02. The van der Waals surface area contributed by atoms with Crippen molar-refractivity contribution in [2.75, 3.05) is 19.7 Å². The number of ether oxygens (including phenoxy) is 1. The Balaban J connectivity index is 2.31. The number of nitrogens with one attached hydrogen (secondary N) is 1. The third kappa shape index (κ3) is 5.62. The zero-order valence-electron chi connectivity index (χ0n) is 10.2. The molecule has 0 fully saturated rings. The Hall–Kier alpha value is -1.73. The van der Waals surface area contributed by atoms with Crippen LogP contribution in [0.4, 0.5) is 8.78 Å². The lowest BCUT2D eigenvalue weighted by molar-refractivity contribution is -0.121. The van der Waals surface area contributed by atoms with Gasteiger partial charge in [-0.25, -0.2) is 8.78 Å². The molecule has 1 atom stereocenters.